The van der Waals surface area contributed by atoms with E-state index >= 15 is 0 Å². The van der Waals surface area contributed by atoms with Gasteiger partial charge in [0.2, 0.25) is 0 Å². The van der Waals surface area contributed by atoms with Gasteiger partial charge in [0.15, 0.2) is 0 Å². The molecule has 63 heavy (non-hydrogen) atoms. The molecule has 0 bridgehead atoms. The van der Waals surface area contributed by atoms with E-state index in [1.807, 2.05) is 11.3 Å². The van der Waals surface area contributed by atoms with E-state index in [4.69, 9.17) is 0 Å². The number of fused-ring (bicyclic) bond motifs is 6. The summed E-state index contributed by atoms with van der Waals surface area (Å²) < 4.78 is 5.13. The van der Waals surface area contributed by atoms with E-state index in [9.17, 15) is 0 Å². The van der Waals surface area contributed by atoms with Crippen molar-refractivity contribution in [3.05, 3.63) is 243 Å². The van der Waals surface area contributed by atoms with Crippen LogP contribution in [0.2, 0.25) is 0 Å². The van der Waals surface area contributed by atoms with Crippen molar-refractivity contribution < 1.29 is 0 Å². The molecule has 3 heteroatoms. The summed E-state index contributed by atoms with van der Waals surface area (Å²) in [5, 5.41) is 4.96. The summed E-state index contributed by atoms with van der Waals surface area (Å²) in [7, 11) is 0. The molecule has 0 unspecified atom stereocenters. The van der Waals surface area contributed by atoms with Crippen molar-refractivity contribution in [2.24, 2.45) is 0 Å². The van der Waals surface area contributed by atoms with E-state index in [2.05, 4.69) is 252 Å². The Morgan fingerprint density at radius 1 is 0.302 bits per heavy atom. The summed E-state index contributed by atoms with van der Waals surface area (Å²) >= 11 is 1.85. The maximum Gasteiger partial charge on any atom is 0.0620 e. The smallest absolute Gasteiger partial charge is 0.0620 e. The van der Waals surface area contributed by atoms with Gasteiger partial charge in [-0.25, -0.2) is 0 Å². The highest BCUT2D eigenvalue weighted by Crippen LogP contribution is 2.47. The van der Waals surface area contributed by atoms with Crippen molar-refractivity contribution in [2.45, 2.75) is 0 Å². The first-order valence-corrected chi connectivity index (χ1v) is 22.3. The predicted molar refractivity (Wildman–Crippen MR) is 270 cm³/mol. The van der Waals surface area contributed by atoms with E-state index in [1.54, 1.807) is 0 Å². The molecular weight excluding hydrogens is 781 g/mol. The lowest BCUT2D eigenvalue weighted by atomic mass is 9.95. The van der Waals surface area contributed by atoms with Crippen molar-refractivity contribution in [2.75, 3.05) is 4.90 Å². The van der Waals surface area contributed by atoms with Crippen LogP contribution in [-0.4, -0.2) is 4.57 Å². The molecule has 0 aliphatic heterocycles. The van der Waals surface area contributed by atoms with E-state index < -0.39 is 0 Å². The molecule has 0 radical (unpaired) electrons. The fraction of sp³-hybridized carbons (Fsp3) is 0. The molecule has 10 aromatic carbocycles. The maximum atomic E-state index is 2.53. The van der Waals surface area contributed by atoms with Gasteiger partial charge < -0.3 is 9.47 Å². The monoisotopic (exact) mass is 820 g/mol. The SMILES string of the molecule is c1ccc(-c2ccc(-n3c4ccc(N(c5ccccc5)c5ccc6sc7ccccc7c6c5)cc4c4cc(-c5ccccc5)cc(-c5ccccc5)c43)c(-c3ccccc3)c2)cc1. The molecule has 0 N–H and O–H groups in total. The first-order chi connectivity index (χ1) is 31.2. The first kappa shape index (κ1) is 36.8. The highest BCUT2D eigenvalue weighted by Gasteiger charge is 2.23. The number of hydrogen-bond acceptors (Lipinski definition) is 2. The summed E-state index contributed by atoms with van der Waals surface area (Å²) in [6.45, 7) is 0. The van der Waals surface area contributed by atoms with Gasteiger partial charge in [0, 0.05) is 59.1 Å². The Morgan fingerprint density at radius 3 is 1.51 bits per heavy atom. The second-order valence-corrected chi connectivity index (χ2v) is 17.2. The highest BCUT2D eigenvalue weighted by atomic mass is 32.1. The Hall–Kier alpha value is -7.98. The lowest BCUT2D eigenvalue weighted by Crippen LogP contribution is -2.09. The molecule has 0 fully saturated rings. The zero-order chi connectivity index (χ0) is 41.7. The molecule has 12 aromatic rings. The number of para-hydroxylation sites is 1. The zero-order valence-electron chi connectivity index (χ0n) is 34.4. The Morgan fingerprint density at radius 2 is 0.825 bits per heavy atom. The lowest BCUT2D eigenvalue weighted by Gasteiger charge is -2.26. The zero-order valence-corrected chi connectivity index (χ0v) is 35.2. The van der Waals surface area contributed by atoms with Gasteiger partial charge in [0.25, 0.3) is 0 Å². The number of anilines is 3. The summed E-state index contributed by atoms with van der Waals surface area (Å²) in [6.07, 6.45) is 0. The van der Waals surface area contributed by atoms with Crippen molar-refractivity contribution in [3.63, 3.8) is 0 Å². The maximum absolute atomic E-state index is 2.53. The normalized spacial score (nSPS) is 11.5. The fourth-order valence-electron chi connectivity index (χ4n) is 9.43. The number of thiophene rings is 1. The molecule has 0 saturated carbocycles. The average Bonchev–Trinajstić information content (AvgIpc) is 3.90. The predicted octanol–water partition coefficient (Wildman–Crippen LogP) is 17.3. The van der Waals surface area contributed by atoms with Crippen LogP contribution in [0.1, 0.15) is 0 Å². The van der Waals surface area contributed by atoms with Gasteiger partial charge in [0.05, 0.1) is 16.7 Å². The van der Waals surface area contributed by atoms with Crippen molar-refractivity contribution in [1.29, 1.82) is 0 Å². The first-order valence-electron chi connectivity index (χ1n) is 21.5. The summed E-state index contributed by atoms with van der Waals surface area (Å²) in [4.78, 5) is 2.41. The minimum Gasteiger partial charge on any atom is -0.310 e. The molecule has 296 valence electrons. The van der Waals surface area contributed by atoms with E-state index in [0.717, 1.165) is 28.3 Å². The lowest BCUT2D eigenvalue weighted by molar-refractivity contribution is 1.18. The Kier molecular flexibility index (Phi) is 9.06. The minimum absolute atomic E-state index is 1.10. The number of benzene rings is 10. The highest BCUT2D eigenvalue weighted by molar-refractivity contribution is 7.25. The van der Waals surface area contributed by atoms with Crippen LogP contribution in [0.15, 0.2) is 243 Å². The Balaban J connectivity index is 1.18. The van der Waals surface area contributed by atoms with Gasteiger partial charge in [-0.1, -0.05) is 164 Å². The van der Waals surface area contributed by atoms with Crippen LogP contribution >= 0.6 is 11.3 Å². The standard InChI is InChI=1S/C60H40N2S/c1-6-18-41(19-7-1)45-30-33-56(51(36-45)43-22-10-3-11-23-43)62-57-34-31-48(61(47-26-14-5-15-27-47)49-32-35-59-54(40-49)50-28-16-17-29-58(50)63-59)39-53(57)55-38-46(42-20-8-2-9-21-42)37-52(60(55)62)44-24-12-4-13-25-44/h1-40H. The van der Waals surface area contributed by atoms with Crippen LogP contribution in [-0.2, 0) is 0 Å². The summed E-state index contributed by atoms with van der Waals surface area (Å²) in [6, 6.07) is 88.6. The third kappa shape index (κ3) is 6.50. The largest absolute Gasteiger partial charge is 0.310 e. The number of hydrogen-bond donors (Lipinski definition) is 0. The van der Waals surface area contributed by atoms with Crippen LogP contribution in [0.25, 0.3) is 92.2 Å². The number of aromatic nitrogens is 1. The fourth-order valence-corrected chi connectivity index (χ4v) is 10.5. The quantitative estimate of drug-likeness (QED) is 0.148. The third-order valence-corrected chi connectivity index (χ3v) is 13.5. The molecular formula is C60H40N2S. The van der Waals surface area contributed by atoms with Gasteiger partial charge in [-0.2, -0.15) is 0 Å². The topological polar surface area (TPSA) is 8.17 Å². The molecule has 12 rings (SSSR count). The molecule has 2 heterocycles. The van der Waals surface area contributed by atoms with E-state index in [1.165, 1.54) is 81.0 Å². The van der Waals surface area contributed by atoms with Crippen molar-refractivity contribution in [1.82, 2.24) is 4.57 Å². The van der Waals surface area contributed by atoms with Gasteiger partial charge >= 0.3 is 0 Å². The van der Waals surface area contributed by atoms with Crippen LogP contribution in [0.5, 0.6) is 0 Å². The molecule has 0 amide bonds. The molecule has 0 aliphatic carbocycles. The summed E-state index contributed by atoms with van der Waals surface area (Å²) in [5.74, 6) is 0. The van der Waals surface area contributed by atoms with Crippen molar-refractivity contribution in [3.8, 4) is 50.2 Å². The van der Waals surface area contributed by atoms with Crippen LogP contribution in [0.4, 0.5) is 17.1 Å². The average molecular weight is 821 g/mol. The second kappa shape index (κ2) is 15.5. The second-order valence-electron chi connectivity index (χ2n) is 16.1. The van der Waals surface area contributed by atoms with Gasteiger partial charge in [-0.3, -0.25) is 0 Å². The Bertz CT molecular complexity index is 3590. The van der Waals surface area contributed by atoms with Crippen molar-refractivity contribution >= 4 is 70.4 Å². The van der Waals surface area contributed by atoms with Gasteiger partial charge in [-0.05, 0) is 112 Å². The molecule has 0 saturated heterocycles. The molecule has 2 nitrogen and oxygen atoms in total. The molecule has 0 atom stereocenters. The third-order valence-electron chi connectivity index (χ3n) is 12.4. The van der Waals surface area contributed by atoms with Crippen LogP contribution < -0.4 is 4.90 Å². The molecule has 2 aromatic heterocycles. The van der Waals surface area contributed by atoms with Crippen LogP contribution in [0, 0.1) is 0 Å². The van der Waals surface area contributed by atoms with Gasteiger partial charge in [0.1, 0.15) is 0 Å². The molecule has 0 aliphatic rings. The minimum atomic E-state index is 1.10. The Labute approximate surface area is 370 Å². The number of nitrogens with zero attached hydrogens (tertiary/aromatic N) is 2. The van der Waals surface area contributed by atoms with Crippen LogP contribution in [0.3, 0.4) is 0 Å². The van der Waals surface area contributed by atoms with E-state index in [0.29, 0.717) is 0 Å². The van der Waals surface area contributed by atoms with E-state index in [-0.39, 0.29) is 0 Å². The molecule has 0 spiro atoms. The summed E-state index contributed by atoms with van der Waals surface area (Å²) in [5.41, 5.74) is 16.2. The number of rotatable bonds is 8. The van der Waals surface area contributed by atoms with Gasteiger partial charge in [-0.15, -0.1) is 11.3 Å².